The second-order valence-electron chi connectivity index (χ2n) is 4.40. The molecule has 0 spiro atoms. The Hall–Kier alpha value is -1.11. The number of rotatable bonds is 5. The lowest BCUT2D eigenvalue weighted by Crippen LogP contribution is -2.33. The lowest BCUT2D eigenvalue weighted by atomic mass is 10.2. The predicted molar refractivity (Wildman–Crippen MR) is 72.6 cm³/mol. The SMILES string of the molecule is CNCc1ccccc1NS(=O)(=O)N1CCCC1. The second-order valence-corrected chi connectivity index (χ2v) is 6.07. The molecule has 5 nitrogen and oxygen atoms in total. The van der Waals surface area contributed by atoms with E-state index in [9.17, 15) is 8.42 Å². The number of nitrogens with one attached hydrogen (secondary N) is 2. The van der Waals surface area contributed by atoms with Gasteiger partial charge in [0.25, 0.3) is 0 Å². The van der Waals surface area contributed by atoms with Crippen molar-refractivity contribution in [1.29, 1.82) is 0 Å². The van der Waals surface area contributed by atoms with Crippen LogP contribution in [0.4, 0.5) is 5.69 Å². The fourth-order valence-corrected chi connectivity index (χ4v) is 3.44. The summed E-state index contributed by atoms with van der Waals surface area (Å²) in [5.74, 6) is 0. The molecule has 18 heavy (non-hydrogen) atoms. The zero-order chi connectivity index (χ0) is 13.0. The van der Waals surface area contributed by atoms with Gasteiger partial charge in [-0.15, -0.1) is 0 Å². The molecule has 100 valence electrons. The molecule has 0 bridgehead atoms. The van der Waals surface area contributed by atoms with Gasteiger partial charge < -0.3 is 5.32 Å². The van der Waals surface area contributed by atoms with Crippen LogP contribution in [-0.4, -0.2) is 32.9 Å². The van der Waals surface area contributed by atoms with Crippen LogP contribution in [0.1, 0.15) is 18.4 Å². The van der Waals surface area contributed by atoms with Crippen LogP contribution < -0.4 is 10.0 Å². The molecule has 1 aliphatic rings. The molecule has 0 atom stereocenters. The quantitative estimate of drug-likeness (QED) is 0.843. The Labute approximate surface area is 108 Å². The van der Waals surface area contributed by atoms with E-state index < -0.39 is 10.2 Å². The first-order valence-corrected chi connectivity index (χ1v) is 7.58. The van der Waals surface area contributed by atoms with Gasteiger partial charge in [0, 0.05) is 19.6 Å². The Morgan fingerprint density at radius 1 is 1.22 bits per heavy atom. The molecule has 2 rings (SSSR count). The zero-order valence-electron chi connectivity index (χ0n) is 10.5. The van der Waals surface area contributed by atoms with Gasteiger partial charge in [-0.25, -0.2) is 0 Å². The first-order valence-electron chi connectivity index (χ1n) is 6.14. The summed E-state index contributed by atoms with van der Waals surface area (Å²) in [6, 6.07) is 7.44. The Balaban J connectivity index is 2.17. The topological polar surface area (TPSA) is 61.4 Å². The zero-order valence-corrected chi connectivity index (χ0v) is 11.3. The summed E-state index contributed by atoms with van der Waals surface area (Å²) in [6.07, 6.45) is 1.89. The number of hydrogen-bond donors (Lipinski definition) is 2. The third-order valence-electron chi connectivity index (χ3n) is 3.03. The maximum atomic E-state index is 12.2. The first kappa shape index (κ1) is 13.3. The van der Waals surface area contributed by atoms with Gasteiger partial charge in [0.05, 0.1) is 5.69 Å². The predicted octanol–water partition coefficient (Wildman–Crippen LogP) is 1.16. The van der Waals surface area contributed by atoms with Gasteiger partial charge in [-0.05, 0) is 31.5 Å². The van der Waals surface area contributed by atoms with Gasteiger partial charge in [0.2, 0.25) is 0 Å². The first-order chi connectivity index (χ1) is 8.63. The fourth-order valence-electron chi connectivity index (χ4n) is 2.10. The molecule has 0 aromatic heterocycles. The van der Waals surface area contributed by atoms with Crippen LogP contribution in [0.25, 0.3) is 0 Å². The van der Waals surface area contributed by atoms with Gasteiger partial charge in [-0.1, -0.05) is 18.2 Å². The van der Waals surface area contributed by atoms with E-state index in [0.29, 0.717) is 25.3 Å². The van der Waals surface area contributed by atoms with Gasteiger partial charge in [0.15, 0.2) is 0 Å². The molecule has 0 radical (unpaired) electrons. The Morgan fingerprint density at radius 3 is 2.56 bits per heavy atom. The van der Waals surface area contributed by atoms with E-state index in [-0.39, 0.29) is 0 Å². The van der Waals surface area contributed by atoms with Crippen molar-refractivity contribution in [2.75, 3.05) is 24.9 Å². The van der Waals surface area contributed by atoms with Crippen molar-refractivity contribution >= 4 is 15.9 Å². The Morgan fingerprint density at radius 2 is 1.89 bits per heavy atom. The third kappa shape index (κ3) is 3.01. The molecule has 0 unspecified atom stereocenters. The van der Waals surface area contributed by atoms with Crippen LogP contribution >= 0.6 is 0 Å². The molecule has 1 aliphatic heterocycles. The lowest BCUT2D eigenvalue weighted by Gasteiger charge is -2.18. The van der Waals surface area contributed by atoms with E-state index >= 15 is 0 Å². The average Bonchev–Trinajstić information content (AvgIpc) is 2.86. The standard InChI is InChI=1S/C12H19N3O2S/c1-13-10-11-6-2-3-7-12(11)14-18(16,17)15-8-4-5-9-15/h2-3,6-7,13-14H,4-5,8-10H2,1H3. The van der Waals surface area contributed by atoms with Crippen molar-refractivity contribution in [3.63, 3.8) is 0 Å². The second kappa shape index (κ2) is 5.69. The van der Waals surface area contributed by atoms with E-state index in [1.807, 2.05) is 25.2 Å². The van der Waals surface area contributed by atoms with Crippen LogP contribution in [0.15, 0.2) is 24.3 Å². The minimum atomic E-state index is -3.40. The van der Waals surface area contributed by atoms with Gasteiger partial charge in [-0.3, -0.25) is 4.72 Å². The summed E-state index contributed by atoms with van der Waals surface area (Å²) in [4.78, 5) is 0. The molecule has 1 heterocycles. The van der Waals surface area contributed by atoms with Gasteiger partial charge in [0.1, 0.15) is 0 Å². The third-order valence-corrected chi connectivity index (χ3v) is 4.55. The monoisotopic (exact) mass is 269 g/mol. The summed E-state index contributed by atoms with van der Waals surface area (Å²) in [7, 11) is -1.56. The fraction of sp³-hybridized carbons (Fsp3) is 0.500. The van der Waals surface area contributed by atoms with Crippen LogP contribution in [0.2, 0.25) is 0 Å². The van der Waals surface area contributed by atoms with Crippen molar-refractivity contribution in [1.82, 2.24) is 9.62 Å². The number of para-hydroxylation sites is 1. The summed E-state index contributed by atoms with van der Waals surface area (Å²) in [5.41, 5.74) is 1.60. The highest BCUT2D eigenvalue weighted by Crippen LogP contribution is 2.20. The van der Waals surface area contributed by atoms with Crippen LogP contribution in [-0.2, 0) is 16.8 Å². The van der Waals surface area contributed by atoms with Crippen molar-refractivity contribution < 1.29 is 8.42 Å². The molecule has 0 saturated carbocycles. The van der Waals surface area contributed by atoms with E-state index in [4.69, 9.17) is 0 Å². The molecular weight excluding hydrogens is 250 g/mol. The molecule has 2 N–H and O–H groups in total. The highest BCUT2D eigenvalue weighted by Gasteiger charge is 2.25. The van der Waals surface area contributed by atoms with E-state index in [2.05, 4.69) is 10.0 Å². The average molecular weight is 269 g/mol. The summed E-state index contributed by atoms with van der Waals surface area (Å²) < 4.78 is 28.5. The van der Waals surface area contributed by atoms with E-state index in [0.717, 1.165) is 18.4 Å². The largest absolute Gasteiger partial charge is 0.316 e. The van der Waals surface area contributed by atoms with Crippen LogP contribution in [0.5, 0.6) is 0 Å². The molecule has 6 heteroatoms. The lowest BCUT2D eigenvalue weighted by molar-refractivity contribution is 0.482. The molecule has 0 aliphatic carbocycles. The molecule has 1 aromatic carbocycles. The summed E-state index contributed by atoms with van der Waals surface area (Å²) in [5, 5.41) is 3.03. The van der Waals surface area contributed by atoms with E-state index in [1.165, 1.54) is 4.31 Å². The molecule has 1 fully saturated rings. The van der Waals surface area contributed by atoms with Crippen LogP contribution in [0, 0.1) is 0 Å². The number of nitrogens with zero attached hydrogens (tertiary/aromatic N) is 1. The summed E-state index contributed by atoms with van der Waals surface area (Å²) in [6.45, 7) is 1.87. The minimum absolute atomic E-state index is 0.615. The summed E-state index contributed by atoms with van der Waals surface area (Å²) >= 11 is 0. The van der Waals surface area contributed by atoms with Crippen molar-refractivity contribution in [2.24, 2.45) is 0 Å². The van der Waals surface area contributed by atoms with Crippen molar-refractivity contribution in [3.05, 3.63) is 29.8 Å². The van der Waals surface area contributed by atoms with E-state index in [1.54, 1.807) is 6.07 Å². The maximum Gasteiger partial charge on any atom is 0.301 e. The van der Waals surface area contributed by atoms with Crippen molar-refractivity contribution in [2.45, 2.75) is 19.4 Å². The number of hydrogen-bond acceptors (Lipinski definition) is 3. The van der Waals surface area contributed by atoms with Gasteiger partial charge in [-0.2, -0.15) is 12.7 Å². The van der Waals surface area contributed by atoms with Gasteiger partial charge >= 0.3 is 10.2 Å². The smallest absolute Gasteiger partial charge is 0.301 e. The van der Waals surface area contributed by atoms with Crippen LogP contribution in [0.3, 0.4) is 0 Å². The number of benzene rings is 1. The molecule has 0 amide bonds. The Kier molecular flexibility index (Phi) is 4.21. The minimum Gasteiger partial charge on any atom is -0.316 e. The van der Waals surface area contributed by atoms with Crippen molar-refractivity contribution in [3.8, 4) is 0 Å². The highest BCUT2D eigenvalue weighted by atomic mass is 32.2. The normalized spacial score (nSPS) is 16.9. The maximum absolute atomic E-state index is 12.2. The highest BCUT2D eigenvalue weighted by molar-refractivity contribution is 7.90. The Bertz CT molecular complexity index is 496. The molecule has 1 saturated heterocycles. The molecule has 1 aromatic rings. The number of anilines is 1. The molecular formula is C12H19N3O2S.